The summed E-state index contributed by atoms with van der Waals surface area (Å²) in [6.45, 7) is 5.85. The first-order valence-corrected chi connectivity index (χ1v) is 5.60. The molecule has 0 aliphatic rings. The van der Waals surface area contributed by atoms with Crippen molar-refractivity contribution in [3.63, 3.8) is 0 Å². The first-order valence-electron chi connectivity index (χ1n) is 5.60. The summed E-state index contributed by atoms with van der Waals surface area (Å²) in [6.07, 6.45) is 0.650. The molecule has 4 heteroatoms. The minimum absolute atomic E-state index is 0. The Kier molecular flexibility index (Phi) is 6.21. The van der Waals surface area contributed by atoms with Crippen molar-refractivity contribution in [3.8, 4) is 0 Å². The van der Waals surface area contributed by atoms with Crippen molar-refractivity contribution >= 4 is 18.3 Å². The van der Waals surface area contributed by atoms with Gasteiger partial charge in [-0.15, -0.1) is 12.4 Å². The van der Waals surface area contributed by atoms with Crippen LogP contribution in [0, 0.1) is 0 Å². The van der Waals surface area contributed by atoms with E-state index in [1.165, 1.54) is 0 Å². The van der Waals surface area contributed by atoms with Crippen LogP contribution >= 0.6 is 12.4 Å². The number of amides is 1. The van der Waals surface area contributed by atoms with Gasteiger partial charge < -0.3 is 11.1 Å². The number of rotatable bonds is 4. The molecule has 0 aliphatic heterocycles. The summed E-state index contributed by atoms with van der Waals surface area (Å²) in [5, 5.41) is 2.96. The summed E-state index contributed by atoms with van der Waals surface area (Å²) in [6, 6.07) is 9.45. The van der Waals surface area contributed by atoms with Gasteiger partial charge in [-0.3, -0.25) is 4.79 Å². The number of carbonyl (C=O) groups is 1. The third kappa shape index (κ3) is 4.36. The lowest BCUT2D eigenvalue weighted by atomic mass is 9.94. The average molecular weight is 257 g/mol. The van der Waals surface area contributed by atoms with Gasteiger partial charge in [-0.1, -0.05) is 37.3 Å². The van der Waals surface area contributed by atoms with Gasteiger partial charge in [0.2, 0.25) is 5.91 Å². The van der Waals surface area contributed by atoms with Gasteiger partial charge in [-0.05, 0) is 25.8 Å². The van der Waals surface area contributed by atoms with E-state index < -0.39 is 6.04 Å². The second-order valence-corrected chi connectivity index (χ2v) is 4.50. The summed E-state index contributed by atoms with van der Waals surface area (Å²) in [5.74, 6) is -0.101. The molecule has 0 spiro atoms. The van der Waals surface area contributed by atoms with Gasteiger partial charge in [0.15, 0.2) is 0 Å². The lowest BCUT2D eigenvalue weighted by Crippen LogP contribution is -2.48. The lowest BCUT2D eigenvalue weighted by Gasteiger charge is -2.28. The highest BCUT2D eigenvalue weighted by Crippen LogP contribution is 2.19. The topological polar surface area (TPSA) is 55.1 Å². The van der Waals surface area contributed by atoms with Crippen molar-refractivity contribution in [2.45, 2.75) is 38.8 Å². The summed E-state index contributed by atoms with van der Waals surface area (Å²) in [4.78, 5) is 11.7. The maximum absolute atomic E-state index is 11.7. The molecular formula is C13H21ClN2O. The molecule has 1 rings (SSSR count). The fraction of sp³-hybridized carbons (Fsp3) is 0.462. The smallest absolute Gasteiger partial charge is 0.237 e. The molecule has 1 aromatic rings. The molecule has 17 heavy (non-hydrogen) atoms. The average Bonchev–Trinajstić information content (AvgIpc) is 2.28. The fourth-order valence-electron chi connectivity index (χ4n) is 1.51. The van der Waals surface area contributed by atoms with E-state index in [-0.39, 0.29) is 23.9 Å². The molecule has 0 bridgehead atoms. The summed E-state index contributed by atoms with van der Waals surface area (Å²) < 4.78 is 0. The highest BCUT2D eigenvalue weighted by molar-refractivity contribution is 5.85. The molecule has 3 N–H and O–H groups in total. The minimum atomic E-state index is -0.428. The number of halogens is 1. The quantitative estimate of drug-likeness (QED) is 0.868. The predicted octanol–water partition coefficient (Wildman–Crippen LogP) is 2.20. The zero-order chi connectivity index (χ0) is 12.2. The summed E-state index contributed by atoms with van der Waals surface area (Å²) in [5.41, 5.74) is 6.38. The van der Waals surface area contributed by atoms with Gasteiger partial charge in [-0.25, -0.2) is 0 Å². The zero-order valence-corrected chi connectivity index (χ0v) is 11.4. The summed E-state index contributed by atoms with van der Waals surface area (Å²) in [7, 11) is 0. The number of nitrogens with two attached hydrogens (primary N) is 1. The predicted molar refractivity (Wildman–Crippen MR) is 73.1 cm³/mol. The van der Waals surface area contributed by atoms with E-state index in [4.69, 9.17) is 5.73 Å². The molecule has 0 aromatic heterocycles. The standard InChI is InChI=1S/C13H20N2O.ClH/c1-4-11(14)12(16)15-13(2,3)10-8-6-5-7-9-10;/h5-9,11H,4,14H2,1-3H3,(H,15,16);1H/t11-;/m0./s1. The Morgan fingerprint density at radius 2 is 1.88 bits per heavy atom. The van der Waals surface area contributed by atoms with Crippen LogP contribution in [0.4, 0.5) is 0 Å². The van der Waals surface area contributed by atoms with Crippen molar-refractivity contribution in [2.24, 2.45) is 5.73 Å². The lowest BCUT2D eigenvalue weighted by molar-refractivity contribution is -0.124. The van der Waals surface area contributed by atoms with Crippen molar-refractivity contribution in [1.29, 1.82) is 0 Å². The molecule has 1 aromatic carbocycles. The number of nitrogens with one attached hydrogen (secondary N) is 1. The number of hydrogen-bond donors (Lipinski definition) is 2. The second kappa shape index (κ2) is 6.62. The van der Waals surface area contributed by atoms with Gasteiger partial charge in [0.1, 0.15) is 0 Å². The van der Waals surface area contributed by atoms with Crippen molar-refractivity contribution < 1.29 is 4.79 Å². The third-order valence-corrected chi connectivity index (χ3v) is 2.71. The van der Waals surface area contributed by atoms with Crippen LogP contribution in [0.3, 0.4) is 0 Å². The van der Waals surface area contributed by atoms with Crippen LogP contribution < -0.4 is 11.1 Å². The van der Waals surface area contributed by atoms with E-state index in [2.05, 4.69) is 5.32 Å². The van der Waals surface area contributed by atoms with E-state index in [9.17, 15) is 4.79 Å². The Morgan fingerprint density at radius 1 is 1.35 bits per heavy atom. The Bertz CT molecular complexity index is 352. The van der Waals surface area contributed by atoms with Crippen LogP contribution in [0.1, 0.15) is 32.8 Å². The van der Waals surface area contributed by atoms with Crippen molar-refractivity contribution in [2.75, 3.05) is 0 Å². The molecule has 0 radical (unpaired) electrons. The number of hydrogen-bond acceptors (Lipinski definition) is 2. The van der Waals surface area contributed by atoms with Crippen molar-refractivity contribution in [1.82, 2.24) is 5.32 Å². The molecule has 0 heterocycles. The highest BCUT2D eigenvalue weighted by atomic mass is 35.5. The van der Waals surface area contributed by atoms with E-state index in [0.717, 1.165) is 5.56 Å². The first kappa shape index (κ1) is 15.9. The number of carbonyl (C=O) groups excluding carboxylic acids is 1. The molecule has 3 nitrogen and oxygen atoms in total. The largest absolute Gasteiger partial charge is 0.346 e. The first-order chi connectivity index (χ1) is 7.47. The minimum Gasteiger partial charge on any atom is -0.346 e. The van der Waals surface area contributed by atoms with Crippen LogP contribution in [0.25, 0.3) is 0 Å². The van der Waals surface area contributed by atoms with E-state index >= 15 is 0 Å². The van der Waals surface area contributed by atoms with Gasteiger partial charge >= 0.3 is 0 Å². The molecular weight excluding hydrogens is 236 g/mol. The van der Waals surface area contributed by atoms with E-state index in [1.807, 2.05) is 51.1 Å². The number of benzene rings is 1. The molecule has 0 saturated heterocycles. The maximum Gasteiger partial charge on any atom is 0.237 e. The third-order valence-electron chi connectivity index (χ3n) is 2.71. The molecule has 96 valence electrons. The van der Waals surface area contributed by atoms with Crippen LogP contribution in [-0.4, -0.2) is 11.9 Å². The Balaban J connectivity index is 0.00000256. The zero-order valence-electron chi connectivity index (χ0n) is 10.6. The van der Waals surface area contributed by atoms with Crippen molar-refractivity contribution in [3.05, 3.63) is 35.9 Å². The van der Waals surface area contributed by atoms with Gasteiger partial charge in [0.05, 0.1) is 11.6 Å². The van der Waals surface area contributed by atoms with Gasteiger partial charge in [0.25, 0.3) is 0 Å². The van der Waals surface area contributed by atoms with Gasteiger partial charge in [0, 0.05) is 0 Å². The Morgan fingerprint density at radius 3 is 2.35 bits per heavy atom. The molecule has 0 fully saturated rings. The molecule has 1 atom stereocenters. The molecule has 0 saturated carbocycles. The molecule has 1 amide bonds. The molecule has 0 aliphatic carbocycles. The Labute approximate surface area is 109 Å². The van der Waals surface area contributed by atoms with E-state index in [1.54, 1.807) is 0 Å². The van der Waals surface area contributed by atoms with Crippen LogP contribution in [0.2, 0.25) is 0 Å². The SMILES string of the molecule is CC[C@H](N)C(=O)NC(C)(C)c1ccccc1.Cl. The second-order valence-electron chi connectivity index (χ2n) is 4.50. The Hall–Kier alpha value is -1.06. The van der Waals surface area contributed by atoms with Crippen LogP contribution in [0.5, 0.6) is 0 Å². The van der Waals surface area contributed by atoms with E-state index in [0.29, 0.717) is 6.42 Å². The summed E-state index contributed by atoms with van der Waals surface area (Å²) >= 11 is 0. The van der Waals surface area contributed by atoms with Crippen LogP contribution in [0.15, 0.2) is 30.3 Å². The fourth-order valence-corrected chi connectivity index (χ4v) is 1.51. The molecule has 0 unspecified atom stereocenters. The normalized spacial score (nSPS) is 12.5. The highest BCUT2D eigenvalue weighted by Gasteiger charge is 2.24. The maximum atomic E-state index is 11.7. The van der Waals surface area contributed by atoms with Crippen LogP contribution in [-0.2, 0) is 10.3 Å². The monoisotopic (exact) mass is 256 g/mol. The van der Waals surface area contributed by atoms with Gasteiger partial charge in [-0.2, -0.15) is 0 Å².